The van der Waals surface area contributed by atoms with Crippen molar-refractivity contribution in [2.75, 3.05) is 20.1 Å². The molecule has 2 aliphatic rings. The number of aliphatic imine (C=N–C) groups is 1. The molecule has 1 aliphatic heterocycles. The molecule has 3 rings (SSSR count). The largest absolute Gasteiger partial charge is 0.352 e. The molecule has 0 radical (unpaired) electrons. The summed E-state index contributed by atoms with van der Waals surface area (Å²) >= 11 is 0. The van der Waals surface area contributed by atoms with Gasteiger partial charge in [-0.2, -0.15) is 0 Å². The Morgan fingerprint density at radius 1 is 1.25 bits per heavy atom. The highest BCUT2D eigenvalue weighted by Crippen LogP contribution is 2.35. The second-order valence-electron chi connectivity index (χ2n) is 8.09. The van der Waals surface area contributed by atoms with Gasteiger partial charge >= 0.3 is 0 Å². The van der Waals surface area contributed by atoms with Crippen molar-refractivity contribution in [2.24, 2.45) is 16.8 Å². The van der Waals surface area contributed by atoms with Crippen LogP contribution < -0.4 is 10.6 Å². The number of carbonyl (C=O) groups excluding carboxylic acids is 1. The van der Waals surface area contributed by atoms with Gasteiger partial charge in [-0.15, -0.1) is 24.0 Å². The van der Waals surface area contributed by atoms with Crippen LogP contribution in [0.15, 0.2) is 29.3 Å². The number of benzene rings is 1. The minimum absolute atomic E-state index is 0. The minimum Gasteiger partial charge on any atom is -0.352 e. The van der Waals surface area contributed by atoms with Crippen molar-refractivity contribution >= 4 is 35.8 Å². The van der Waals surface area contributed by atoms with Crippen LogP contribution in [0.1, 0.15) is 61.9 Å². The van der Waals surface area contributed by atoms with Gasteiger partial charge < -0.3 is 15.5 Å². The lowest BCUT2D eigenvalue weighted by Crippen LogP contribution is -2.40. The van der Waals surface area contributed by atoms with Crippen molar-refractivity contribution in [3.63, 3.8) is 0 Å². The van der Waals surface area contributed by atoms with Crippen LogP contribution in [0.4, 0.5) is 0 Å². The third-order valence-corrected chi connectivity index (χ3v) is 6.12. The van der Waals surface area contributed by atoms with Crippen molar-refractivity contribution < 1.29 is 4.79 Å². The molecule has 1 aromatic carbocycles. The Bertz CT molecular complexity index is 664. The fourth-order valence-electron chi connectivity index (χ4n) is 4.32. The molecule has 1 aliphatic carbocycles. The van der Waals surface area contributed by atoms with Crippen molar-refractivity contribution in [3.05, 3.63) is 35.4 Å². The van der Waals surface area contributed by atoms with Crippen LogP contribution in [0.5, 0.6) is 0 Å². The van der Waals surface area contributed by atoms with Crippen LogP contribution >= 0.6 is 24.0 Å². The van der Waals surface area contributed by atoms with E-state index in [2.05, 4.69) is 33.5 Å². The Morgan fingerprint density at radius 3 is 2.54 bits per heavy atom. The molecule has 1 saturated carbocycles. The fourth-order valence-corrected chi connectivity index (χ4v) is 4.32. The molecule has 6 heteroatoms. The second kappa shape index (κ2) is 11.0. The second-order valence-corrected chi connectivity index (χ2v) is 8.09. The van der Waals surface area contributed by atoms with E-state index in [0.717, 1.165) is 48.4 Å². The standard InChI is InChI=1S/C22H34N4O.HI/c1-4-16(2)25-21(27)18-11-7-8-17(12-18)13-24-22(23-3)26-14-19-9-5-6-10-20(19)15-26;/h7-8,11-12,16,19-20H,4-6,9-10,13-15H2,1-3H3,(H,23,24)(H,25,27);1H. The van der Waals surface area contributed by atoms with Gasteiger partial charge in [0, 0.05) is 38.3 Å². The Hall–Kier alpha value is -1.31. The highest BCUT2D eigenvalue weighted by Gasteiger charge is 2.35. The van der Waals surface area contributed by atoms with Crippen LogP contribution in [0.2, 0.25) is 0 Å². The summed E-state index contributed by atoms with van der Waals surface area (Å²) in [6, 6.07) is 8.06. The van der Waals surface area contributed by atoms with Crippen molar-refractivity contribution in [1.82, 2.24) is 15.5 Å². The average molecular weight is 498 g/mol. The molecule has 1 saturated heterocycles. The zero-order chi connectivity index (χ0) is 19.2. The molecular weight excluding hydrogens is 463 g/mol. The maximum atomic E-state index is 12.4. The summed E-state index contributed by atoms with van der Waals surface area (Å²) in [5.74, 6) is 2.66. The van der Waals surface area contributed by atoms with E-state index in [1.807, 2.05) is 32.2 Å². The zero-order valence-electron chi connectivity index (χ0n) is 17.4. The van der Waals surface area contributed by atoms with E-state index in [1.54, 1.807) is 0 Å². The lowest BCUT2D eigenvalue weighted by molar-refractivity contribution is 0.0939. The van der Waals surface area contributed by atoms with E-state index < -0.39 is 0 Å². The van der Waals surface area contributed by atoms with Gasteiger partial charge in [0.15, 0.2) is 5.96 Å². The Balaban J connectivity index is 0.00000280. The number of nitrogens with one attached hydrogen (secondary N) is 2. The summed E-state index contributed by atoms with van der Waals surface area (Å²) in [6.07, 6.45) is 6.43. The number of nitrogens with zero attached hydrogens (tertiary/aromatic N) is 2. The lowest BCUT2D eigenvalue weighted by atomic mass is 9.82. The number of halogens is 1. The molecule has 0 aromatic heterocycles. The van der Waals surface area contributed by atoms with E-state index in [0.29, 0.717) is 6.54 Å². The lowest BCUT2D eigenvalue weighted by Gasteiger charge is -2.22. The monoisotopic (exact) mass is 498 g/mol. The SMILES string of the molecule is CCC(C)NC(=O)c1cccc(CNC(=NC)N2CC3CCCCC3C2)c1.I. The molecule has 156 valence electrons. The number of amides is 1. The van der Waals surface area contributed by atoms with Crippen molar-refractivity contribution in [2.45, 2.75) is 58.5 Å². The molecule has 3 atom stereocenters. The maximum Gasteiger partial charge on any atom is 0.251 e. The molecule has 1 aromatic rings. The van der Waals surface area contributed by atoms with Gasteiger partial charge in [-0.25, -0.2) is 0 Å². The van der Waals surface area contributed by atoms with Gasteiger partial charge in [0.25, 0.3) is 5.91 Å². The average Bonchev–Trinajstić information content (AvgIpc) is 3.12. The Labute approximate surface area is 186 Å². The number of guanidine groups is 1. The van der Waals surface area contributed by atoms with Crippen LogP contribution in [0.25, 0.3) is 0 Å². The first kappa shape index (κ1) is 23.0. The predicted molar refractivity (Wildman–Crippen MR) is 126 cm³/mol. The molecule has 0 spiro atoms. The Morgan fingerprint density at radius 2 is 1.93 bits per heavy atom. The van der Waals surface area contributed by atoms with Crippen molar-refractivity contribution in [1.29, 1.82) is 0 Å². The molecule has 2 N–H and O–H groups in total. The van der Waals surface area contributed by atoms with Crippen LogP contribution in [-0.4, -0.2) is 42.9 Å². The van der Waals surface area contributed by atoms with Gasteiger partial charge in [-0.05, 0) is 55.7 Å². The van der Waals surface area contributed by atoms with E-state index in [4.69, 9.17) is 0 Å². The molecule has 0 bridgehead atoms. The van der Waals surface area contributed by atoms with Gasteiger partial charge in [0.1, 0.15) is 0 Å². The zero-order valence-corrected chi connectivity index (χ0v) is 19.7. The number of hydrogen-bond acceptors (Lipinski definition) is 2. The topological polar surface area (TPSA) is 56.7 Å². The highest BCUT2D eigenvalue weighted by atomic mass is 127. The predicted octanol–water partition coefficient (Wildman–Crippen LogP) is 4.03. The summed E-state index contributed by atoms with van der Waals surface area (Å²) in [5, 5.41) is 6.53. The third kappa shape index (κ3) is 5.84. The van der Waals surface area contributed by atoms with Crippen LogP contribution in [0, 0.1) is 11.8 Å². The fraction of sp³-hybridized carbons (Fsp3) is 0.636. The minimum atomic E-state index is -0.000741. The van der Waals surface area contributed by atoms with E-state index in [-0.39, 0.29) is 35.9 Å². The summed E-state index contributed by atoms with van der Waals surface area (Å²) < 4.78 is 0. The smallest absolute Gasteiger partial charge is 0.251 e. The van der Waals surface area contributed by atoms with Gasteiger partial charge in [-0.1, -0.05) is 31.9 Å². The molecule has 1 amide bonds. The molecular formula is C22H35IN4O. The summed E-state index contributed by atoms with van der Waals surface area (Å²) in [7, 11) is 1.86. The quantitative estimate of drug-likeness (QED) is 0.366. The van der Waals surface area contributed by atoms with Gasteiger partial charge in [0.05, 0.1) is 0 Å². The first-order valence-electron chi connectivity index (χ1n) is 10.5. The number of carbonyl (C=O) groups is 1. The van der Waals surface area contributed by atoms with E-state index in [1.165, 1.54) is 25.7 Å². The van der Waals surface area contributed by atoms with Crippen LogP contribution in [0.3, 0.4) is 0 Å². The summed E-state index contributed by atoms with van der Waals surface area (Å²) in [5.41, 5.74) is 1.82. The number of likely N-dealkylation sites (tertiary alicyclic amines) is 1. The first-order chi connectivity index (χ1) is 13.1. The number of hydrogen-bond donors (Lipinski definition) is 2. The molecule has 1 heterocycles. The van der Waals surface area contributed by atoms with Crippen molar-refractivity contribution in [3.8, 4) is 0 Å². The molecule has 3 unspecified atom stereocenters. The molecule has 2 fully saturated rings. The summed E-state index contributed by atoms with van der Waals surface area (Å²) in [4.78, 5) is 19.3. The highest BCUT2D eigenvalue weighted by molar-refractivity contribution is 14.0. The first-order valence-corrected chi connectivity index (χ1v) is 10.5. The number of rotatable bonds is 5. The molecule has 28 heavy (non-hydrogen) atoms. The van der Waals surface area contributed by atoms with E-state index >= 15 is 0 Å². The maximum absolute atomic E-state index is 12.4. The summed E-state index contributed by atoms with van der Waals surface area (Å²) in [6.45, 7) is 7.04. The third-order valence-electron chi connectivity index (χ3n) is 6.12. The Kier molecular flexibility index (Phi) is 9.05. The normalized spacial score (nSPS) is 22.8. The van der Waals surface area contributed by atoms with E-state index in [9.17, 15) is 4.79 Å². The molecule has 5 nitrogen and oxygen atoms in total. The van der Waals surface area contributed by atoms with Gasteiger partial charge in [0.2, 0.25) is 0 Å². The number of fused-ring (bicyclic) bond motifs is 1. The van der Waals surface area contributed by atoms with Gasteiger partial charge in [-0.3, -0.25) is 9.79 Å². The van der Waals surface area contributed by atoms with Crippen LogP contribution in [-0.2, 0) is 6.54 Å².